The van der Waals surface area contributed by atoms with E-state index in [0.29, 0.717) is 6.42 Å². The molecule has 0 radical (unpaired) electrons. The lowest BCUT2D eigenvalue weighted by Crippen LogP contribution is -2.04. The van der Waals surface area contributed by atoms with Crippen LogP contribution < -0.4 is 0 Å². The Balaban J connectivity index is 4.95. The van der Waals surface area contributed by atoms with Gasteiger partial charge in [-0.2, -0.15) is 0 Å². The Morgan fingerprint density at radius 3 is 2.53 bits per heavy atom. The number of Topliss-reactive ketones (excluding diaryl/α,β-unsaturated/α-hetero) is 1. The minimum absolute atomic E-state index is 0.365. The van der Waals surface area contributed by atoms with Crippen LogP contribution in [0.4, 0.5) is 0 Å². The monoisotopic (exact) mass is 261 g/mol. The van der Waals surface area contributed by atoms with Crippen molar-refractivity contribution in [1.29, 1.82) is 0 Å². The molecule has 0 amide bonds. The normalized spacial score (nSPS) is 13.7. The first-order chi connectivity index (χ1) is 9.10. The van der Waals surface area contributed by atoms with Gasteiger partial charge in [-0.25, -0.2) is 0 Å². The maximum absolute atomic E-state index is 11.6. The first-order valence-corrected chi connectivity index (χ1v) is 6.02. The zero-order valence-electron chi connectivity index (χ0n) is 11.3. The van der Waals surface area contributed by atoms with E-state index in [1.54, 1.807) is 0 Å². The molecule has 0 atom stereocenters. The number of carbonyl (C=O) groups excluding carboxylic acids is 1. The average Bonchev–Trinajstić information content (AvgIpc) is 2.41. The molecule has 0 saturated carbocycles. The number of rotatable bonds is 8. The highest BCUT2D eigenvalue weighted by Crippen LogP contribution is 2.11. The molecule has 0 aliphatic rings. The van der Waals surface area contributed by atoms with E-state index in [4.69, 9.17) is 0 Å². The second-order valence-corrected chi connectivity index (χ2v) is 3.69. The van der Waals surface area contributed by atoms with Crippen molar-refractivity contribution in [3.63, 3.8) is 0 Å². The Hall–Kier alpha value is -2.23. The molecule has 0 bridgehead atoms. The standard InChI is InChI=1S/C15H19NO3/c1-4-7-12(8-5-2)10-11-14(17)15(18)13(16-19)9-6-3/h4,6-9,11,17H,3,5,10H2,1-2H3/b7-4-,12-8+,13-9+,14-11+. The van der Waals surface area contributed by atoms with Gasteiger partial charge in [0.15, 0.2) is 11.5 Å². The second-order valence-electron chi connectivity index (χ2n) is 3.69. The molecule has 0 rings (SSSR count). The first kappa shape index (κ1) is 16.8. The molecule has 0 spiro atoms. The molecule has 0 aromatic heterocycles. The van der Waals surface area contributed by atoms with E-state index in [0.717, 1.165) is 18.1 Å². The molecule has 0 heterocycles. The van der Waals surface area contributed by atoms with Gasteiger partial charge in [0.1, 0.15) is 0 Å². The Morgan fingerprint density at radius 2 is 2.05 bits per heavy atom. The Kier molecular flexibility index (Phi) is 8.62. The third-order valence-corrected chi connectivity index (χ3v) is 2.22. The van der Waals surface area contributed by atoms with E-state index in [2.05, 4.69) is 11.8 Å². The molecule has 0 aromatic carbocycles. The van der Waals surface area contributed by atoms with Crippen LogP contribution in [-0.2, 0) is 4.79 Å². The number of hydrogen-bond acceptors (Lipinski definition) is 4. The zero-order valence-corrected chi connectivity index (χ0v) is 11.3. The summed E-state index contributed by atoms with van der Waals surface area (Å²) in [5, 5.41) is 12.2. The largest absolute Gasteiger partial charge is 0.504 e. The van der Waals surface area contributed by atoms with E-state index in [9.17, 15) is 14.8 Å². The van der Waals surface area contributed by atoms with Crippen molar-refractivity contribution < 1.29 is 9.90 Å². The summed E-state index contributed by atoms with van der Waals surface area (Å²) in [6.07, 6.45) is 10.8. The highest BCUT2D eigenvalue weighted by Gasteiger charge is 2.14. The maximum Gasteiger partial charge on any atom is 0.248 e. The van der Waals surface area contributed by atoms with Crippen LogP contribution in [0.2, 0.25) is 0 Å². The molecule has 19 heavy (non-hydrogen) atoms. The molecule has 0 saturated heterocycles. The lowest BCUT2D eigenvalue weighted by Gasteiger charge is -2.00. The molecular formula is C15H19NO3. The lowest BCUT2D eigenvalue weighted by atomic mass is 10.1. The van der Waals surface area contributed by atoms with Gasteiger partial charge in [-0.15, -0.1) is 4.91 Å². The SMILES string of the molecule is C=C/C=C(/N=O)C(=O)/C(O)=C\CC(/C=C\C)=C/CC. The van der Waals surface area contributed by atoms with Gasteiger partial charge in [0.25, 0.3) is 0 Å². The summed E-state index contributed by atoms with van der Waals surface area (Å²) in [7, 11) is 0. The molecule has 0 aromatic rings. The van der Waals surface area contributed by atoms with Crippen LogP contribution in [0.3, 0.4) is 0 Å². The Labute approximate surface area is 113 Å². The highest BCUT2D eigenvalue weighted by molar-refractivity contribution is 6.06. The third-order valence-electron chi connectivity index (χ3n) is 2.22. The molecule has 0 aliphatic heterocycles. The zero-order chi connectivity index (χ0) is 14.7. The molecule has 102 valence electrons. The van der Waals surface area contributed by atoms with Crippen LogP contribution in [0.15, 0.2) is 65.2 Å². The summed E-state index contributed by atoms with van der Waals surface area (Å²) in [6.45, 7) is 7.25. The fourth-order valence-corrected chi connectivity index (χ4v) is 1.39. The van der Waals surface area contributed by atoms with E-state index in [-0.39, 0.29) is 5.70 Å². The van der Waals surface area contributed by atoms with Crippen LogP contribution >= 0.6 is 0 Å². The van der Waals surface area contributed by atoms with E-state index in [1.807, 2.05) is 32.1 Å². The number of aliphatic hydroxyl groups excluding tert-OH is 1. The van der Waals surface area contributed by atoms with Crippen molar-refractivity contribution in [2.24, 2.45) is 5.18 Å². The van der Waals surface area contributed by atoms with Crippen LogP contribution in [0, 0.1) is 4.91 Å². The van der Waals surface area contributed by atoms with Gasteiger partial charge in [-0.05, 0) is 42.7 Å². The number of nitroso groups, excluding NO2 is 1. The van der Waals surface area contributed by atoms with Gasteiger partial charge in [0.05, 0.1) is 0 Å². The average molecular weight is 261 g/mol. The molecule has 0 fully saturated rings. The fourth-order valence-electron chi connectivity index (χ4n) is 1.39. The van der Waals surface area contributed by atoms with E-state index >= 15 is 0 Å². The lowest BCUT2D eigenvalue weighted by molar-refractivity contribution is -0.114. The van der Waals surface area contributed by atoms with Gasteiger partial charge in [-0.3, -0.25) is 4.79 Å². The van der Waals surface area contributed by atoms with Gasteiger partial charge in [0, 0.05) is 0 Å². The third kappa shape index (κ3) is 6.31. The van der Waals surface area contributed by atoms with Crippen molar-refractivity contribution in [2.45, 2.75) is 26.7 Å². The first-order valence-electron chi connectivity index (χ1n) is 6.02. The minimum atomic E-state index is -0.800. The maximum atomic E-state index is 11.6. The Bertz CT molecular complexity index is 454. The van der Waals surface area contributed by atoms with Crippen molar-refractivity contribution >= 4 is 5.78 Å². The van der Waals surface area contributed by atoms with Crippen LogP contribution in [0.1, 0.15) is 26.7 Å². The summed E-state index contributed by atoms with van der Waals surface area (Å²) in [4.78, 5) is 22.1. The van der Waals surface area contributed by atoms with E-state index < -0.39 is 11.5 Å². The molecule has 4 nitrogen and oxygen atoms in total. The quantitative estimate of drug-likeness (QED) is 0.309. The molecular weight excluding hydrogens is 242 g/mol. The molecule has 4 heteroatoms. The number of allylic oxidation sites excluding steroid dienone is 7. The number of carbonyl (C=O) groups is 1. The number of ketones is 1. The van der Waals surface area contributed by atoms with Crippen molar-refractivity contribution in [1.82, 2.24) is 0 Å². The summed E-state index contributed by atoms with van der Waals surface area (Å²) in [5.74, 6) is -1.29. The predicted molar refractivity (Wildman–Crippen MR) is 77.6 cm³/mol. The van der Waals surface area contributed by atoms with Crippen molar-refractivity contribution in [3.8, 4) is 0 Å². The number of aliphatic hydroxyl groups is 1. The summed E-state index contributed by atoms with van der Waals surface area (Å²) < 4.78 is 0. The van der Waals surface area contributed by atoms with Gasteiger partial charge >= 0.3 is 0 Å². The highest BCUT2D eigenvalue weighted by atomic mass is 16.3. The van der Waals surface area contributed by atoms with Crippen LogP contribution in [0.25, 0.3) is 0 Å². The van der Waals surface area contributed by atoms with Crippen LogP contribution in [-0.4, -0.2) is 10.9 Å². The summed E-state index contributed by atoms with van der Waals surface area (Å²) in [6, 6.07) is 0. The van der Waals surface area contributed by atoms with E-state index in [1.165, 1.54) is 12.2 Å². The number of hydrogen-bond donors (Lipinski definition) is 1. The Morgan fingerprint density at radius 1 is 1.37 bits per heavy atom. The molecule has 0 aliphatic carbocycles. The number of nitrogens with zero attached hydrogens (tertiary/aromatic N) is 1. The minimum Gasteiger partial charge on any atom is -0.504 e. The topological polar surface area (TPSA) is 66.7 Å². The smallest absolute Gasteiger partial charge is 0.248 e. The summed E-state index contributed by atoms with van der Waals surface area (Å²) in [5.41, 5.74) is 0.619. The summed E-state index contributed by atoms with van der Waals surface area (Å²) >= 11 is 0. The van der Waals surface area contributed by atoms with Gasteiger partial charge < -0.3 is 5.11 Å². The van der Waals surface area contributed by atoms with Gasteiger partial charge in [0.2, 0.25) is 5.78 Å². The molecule has 0 unspecified atom stereocenters. The van der Waals surface area contributed by atoms with Crippen molar-refractivity contribution in [2.75, 3.05) is 0 Å². The second kappa shape index (κ2) is 9.76. The van der Waals surface area contributed by atoms with Crippen LogP contribution in [0.5, 0.6) is 0 Å². The predicted octanol–water partition coefficient (Wildman–Crippen LogP) is 4.14. The molecule has 1 N–H and O–H groups in total. The van der Waals surface area contributed by atoms with Gasteiger partial charge in [-0.1, -0.05) is 37.8 Å². The fraction of sp³-hybridized carbons (Fsp3) is 0.267. The van der Waals surface area contributed by atoms with Crippen molar-refractivity contribution in [3.05, 3.63) is 65.0 Å².